The monoisotopic (exact) mass is 337 g/mol. The van der Waals surface area contributed by atoms with Gasteiger partial charge in [-0.1, -0.05) is 42.5 Å². The molecule has 0 bridgehead atoms. The largest absolute Gasteiger partial charge is 0.497 e. The summed E-state index contributed by atoms with van der Waals surface area (Å²) in [4.78, 5) is 6.78. The van der Waals surface area contributed by atoms with Crippen molar-refractivity contribution in [2.45, 2.75) is 25.8 Å². The third-order valence-corrected chi connectivity index (χ3v) is 4.89. The van der Waals surface area contributed by atoms with Crippen LogP contribution in [0.15, 0.2) is 59.6 Å². The number of benzene rings is 2. The molecule has 2 N–H and O–H groups in total. The Bertz CT molecular complexity index is 674. The minimum Gasteiger partial charge on any atom is -0.497 e. The van der Waals surface area contributed by atoms with E-state index in [1.54, 1.807) is 7.11 Å². The Kier molecular flexibility index (Phi) is 5.94. The molecule has 0 spiro atoms. The second kappa shape index (κ2) is 8.56. The van der Waals surface area contributed by atoms with Gasteiger partial charge in [-0.3, -0.25) is 0 Å². The van der Waals surface area contributed by atoms with Crippen LogP contribution in [0.2, 0.25) is 0 Å². The molecule has 25 heavy (non-hydrogen) atoms. The van der Waals surface area contributed by atoms with E-state index in [-0.39, 0.29) is 0 Å². The molecule has 4 nitrogen and oxygen atoms in total. The zero-order chi connectivity index (χ0) is 17.5. The molecule has 0 atom stereocenters. The van der Waals surface area contributed by atoms with Gasteiger partial charge >= 0.3 is 0 Å². The molecule has 1 aliphatic rings. The van der Waals surface area contributed by atoms with Gasteiger partial charge in [0.05, 0.1) is 13.7 Å². The highest BCUT2D eigenvalue weighted by Gasteiger charge is 2.20. The van der Waals surface area contributed by atoms with Crippen molar-refractivity contribution >= 4 is 5.96 Å². The maximum absolute atomic E-state index is 6.20. The number of likely N-dealkylation sites (tertiary alicyclic amines) is 1. The van der Waals surface area contributed by atoms with Crippen LogP contribution in [0.3, 0.4) is 0 Å². The number of hydrogen-bond acceptors (Lipinski definition) is 2. The molecular formula is C21H27N3O. The van der Waals surface area contributed by atoms with Gasteiger partial charge in [0.15, 0.2) is 5.96 Å². The van der Waals surface area contributed by atoms with Crippen LogP contribution in [0.1, 0.15) is 24.0 Å². The lowest BCUT2D eigenvalue weighted by Crippen LogP contribution is -2.43. The van der Waals surface area contributed by atoms with E-state index in [0.29, 0.717) is 12.5 Å². The first-order chi connectivity index (χ1) is 12.2. The number of piperidine rings is 1. The summed E-state index contributed by atoms with van der Waals surface area (Å²) in [5.41, 5.74) is 8.78. The summed E-state index contributed by atoms with van der Waals surface area (Å²) in [5, 5.41) is 0. The van der Waals surface area contributed by atoms with Crippen molar-refractivity contribution in [1.29, 1.82) is 0 Å². The van der Waals surface area contributed by atoms with Gasteiger partial charge in [-0.15, -0.1) is 0 Å². The number of guanidine groups is 1. The fourth-order valence-electron chi connectivity index (χ4n) is 3.32. The predicted octanol–water partition coefficient (Wildman–Crippen LogP) is 3.46. The minimum atomic E-state index is 0.611. The molecular weight excluding hydrogens is 310 g/mol. The Labute approximate surface area is 150 Å². The summed E-state index contributed by atoms with van der Waals surface area (Å²) in [6.45, 7) is 2.60. The van der Waals surface area contributed by atoms with Gasteiger partial charge in [-0.05, 0) is 48.4 Å². The molecule has 2 aromatic carbocycles. The second-order valence-corrected chi connectivity index (χ2v) is 6.64. The number of nitrogens with zero attached hydrogens (tertiary/aromatic N) is 2. The van der Waals surface area contributed by atoms with Crippen LogP contribution < -0.4 is 10.5 Å². The average Bonchev–Trinajstić information content (AvgIpc) is 2.68. The van der Waals surface area contributed by atoms with Crippen molar-refractivity contribution in [2.24, 2.45) is 16.6 Å². The molecule has 0 radical (unpaired) electrons. The molecule has 132 valence electrons. The molecule has 1 aliphatic heterocycles. The van der Waals surface area contributed by atoms with E-state index < -0.39 is 0 Å². The van der Waals surface area contributed by atoms with Crippen molar-refractivity contribution in [3.63, 3.8) is 0 Å². The lowest BCUT2D eigenvalue weighted by Gasteiger charge is -2.32. The Balaban J connectivity index is 1.48. The first kappa shape index (κ1) is 17.3. The lowest BCUT2D eigenvalue weighted by atomic mass is 9.90. The summed E-state index contributed by atoms with van der Waals surface area (Å²) in [7, 11) is 1.67. The van der Waals surface area contributed by atoms with Crippen LogP contribution in [0.4, 0.5) is 0 Å². The zero-order valence-corrected chi connectivity index (χ0v) is 14.9. The van der Waals surface area contributed by atoms with Crippen LogP contribution in [0.5, 0.6) is 5.75 Å². The number of nitrogens with two attached hydrogens (primary N) is 1. The van der Waals surface area contributed by atoms with E-state index >= 15 is 0 Å². The smallest absolute Gasteiger partial charge is 0.191 e. The zero-order valence-electron chi connectivity index (χ0n) is 14.9. The molecule has 0 aromatic heterocycles. The fourth-order valence-corrected chi connectivity index (χ4v) is 3.32. The van der Waals surface area contributed by atoms with Crippen molar-refractivity contribution in [3.05, 3.63) is 65.7 Å². The molecule has 0 unspecified atom stereocenters. The summed E-state index contributed by atoms with van der Waals surface area (Å²) >= 11 is 0. The highest BCUT2D eigenvalue weighted by Crippen LogP contribution is 2.21. The first-order valence-electron chi connectivity index (χ1n) is 8.96. The SMILES string of the molecule is COc1ccc(CN=C(N)N2CCC(Cc3ccccc3)CC2)cc1. The summed E-state index contributed by atoms with van der Waals surface area (Å²) in [6.07, 6.45) is 3.51. The molecule has 2 aromatic rings. The standard InChI is InChI=1S/C21H27N3O/c1-25-20-9-7-19(8-10-20)16-23-21(22)24-13-11-18(12-14-24)15-17-5-3-2-4-6-17/h2-10,18H,11-16H2,1H3,(H2,22,23). The molecule has 0 aliphatic carbocycles. The highest BCUT2D eigenvalue weighted by atomic mass is 16.5. The van der Waals surface area contributed by atoms with Gasteiger partial charge in [-0.25, -0.2) is 4.99 Å². The minimum absolute atomic E-state index is 0.611. The molecule has 0 saturated carbocycles. The van der Waals surface area contributed by atoms with Crippen LogP contribution in [-0.2, 0) is 13.0 Å². The first-order valence-corrected chi connectivity index (χ1v) is 8.96. The average molecular weight is 337 g/mol. The Hall–Kier alpha value is -2.49. The molecule has 1 heterocycles. The summed E-state index contributed by atoms with van der Waals surface area (Å²) in [6, 6.07) is 18.7. The Morgan fingerprint density at radius 2 is 1.72 bits per heavy atom. The topological polar surface area (TPSA) is 50.9 Å². The van der Waals surface area contributed by atoms with Gasteiger partial charge < -0.3 is 15.4 Å². The maximum Gasteiger partial charge on any atom is 0.191 e. The number of methoxy groups -OCH3 is 1. The van der Waals surface area contributed by atoms with Crippen molar-refractivity contribution < 1.29 is 4.74 Å². The third kappa shape index (κ3) is 4.99. The van der Waals surface area contributed by atoms with Crippen molar-refractivity contribution in [1.82, 2.24) is 4.90 Å². The van der Waals surface area contributed by atoms with Gasteiger partial charge in [0, 0.05) is 13.1 Å². The maximum atomic E-state index is 6.20. The van der Waals surface area contributed by atoms with Crippen LogP contribution >= 0.6 is 0 Å². The second-order valence-electron chi connectivity index (χ2n) is 6.64. The van der Waals surface area contributed by atoms with E-state index in [2.05, 4.69) is 40.2 Å². The van der Waals surface area contributed by atoms with Gasteiger partial charge in [0.25, 0.3) is 0 Å². The highest BCUT2D eigenvalue weighted by molar-refractivity contribution is 5.78. The van der Waals surface area contributed by atoms with E-state index in [9.17, 15) is 0 Å². The van der Waals surface area contributed by atoms with Gasteiger partial charge in [-0.2, -0.15) is 0 Å². The summed E-state index contributed by atoms with van der Waals surface area (Å²) in [5.74, 6) is 2.27. The van der Waals surface area contributed by atoms with Gasteiger partial charge in [0.1, 0.15) is 5.75 Å². The van der Waals surface area contributed by atoms with E-state index in [1.165, 1.54) is 18.4 Å². The molecule has 1 fully saturated rings. The molecule has 4 heteroatoms. The van der Waals surface area contributed by atoms with E-state index in [1.807, 2.05) is 24.3 Å². The van der Waals surface area contributed by atoms with E-state index in [4.69, 9.17) is 10.5 Å². The van der Waals surface area contributed by atoms with Gasteiger partial charge in [0.2, 0.25) is 0 Å². The fraction of sp³-hybridized carbons (Fsp3) is 0.381. The number of ether oxygens (including phenoxy) is 1. The Morgan fingerprint density at radius 1 is 1.04 bits per heavy atom. The predicted molar refractivity (Wildman–Crippen MR) is 103 cm³/mol. The normalized spacial score (nSPS) is 16.0. The van der Waals surface area contributed by atoms with Crippen LogP contribution in [-0.4, -0.2) is 31.1 Å². The number of aliphatic imine (C=N–C) groups is 1. The Morgan fingerprint density at radius 3 is 2.36 bits per heavy atom. The van der Waals surface area contributed by atoms with Crippen LogP contribution in [0.25, 0.3) is 0 Å². The number of hydrogen-bond donors (Lipinski definition) is 1. The van der Waals surface area contributed by atoms with Crippen molar-refractivity contribution in [3.8, 4) is 5.75 Å². The van der Waals surface area contributed by atoms with Crippen molar-refractivity contribution in [2.75, 3.05) is 20.2 Å². The summed E-state index contributed by atoms with van der Waals surface area (Å²) < 4.78 is 5.17. The lowest BCUT2D eigenvalue weighted by molar-refractivity contribution is 0.262. The third-order valence-electron chi connectivity index (χ3n) is 4.89. The van der Waals surface area contributed by atoms with E-state index in [0.717, 1.165) is 36.7 Å². The molecule has 3 rings (SSSR count). The number of rotatable bonds is 5. The van der Waals surface area contributed by atoms with Crippen LogP contribution in [0, 0.1) is 5.92 Å². The molecule has 0 amide bonds. The molecule has 1 saturated heterocycles. The quantitative estimate of drug-likeness (QED) is 0.671.